The van der Waals surface area contributed by atoms with E-state index in [4.69, 9.17) is 24.9 Å². The van der Waals surface area contributed by atoms with Crippen molar-refractivity contribution in [2.45, 2.75) is 10.3 Å². The molecule has 0 radical (unpaired) electrons. The summed E-state index contributed by atoms with van der Waals surface area (Å²) in [7, 11) is 2.93. The van der Waals surface area contributed by atoms with Crippen molar-refractivity contribution in [1.82, 2.24) is 0 Å². The standard InChI is InChI=1S/C11H11ClO5S/c1-15-8-3-2-7-9(10(8)18(12,13)14)17-6-11(7)4-16-5-11/h2-3H,4-6H2,1H3. The maximum absolute atomic E-state index is 11.7. The van der Waals surface area contributed by atoms with Gasteiger partial charge in [-0.15, -0.1) is 0 Å². The molecule has 0 unspecified atom stereocenters. The maximum atomic E-state index is 11.7. The number of fused-ring (bicyclic) bond motifs is 2. The fourth-order valence-electron chi connectivity index (χ4n) is 2.37. The zero-order valence-electron chi connectivity index (χ0n) is 9.60. The maximum Gasteiger partial charge on any atom is 0.268 e. The Hall–Kier alpha value is -0.980. The van der Waals surface area contributed by atoms with Crippen LogP contribution in [0.5, 0.6) is 11.5 Å². The highest BCUT2D eigenvalue weighted by Gasteiger charge is 2.49. The van der Waals surface area contributed by atoms with Gasteiger partial charge in [0.05, 0.1) is 25.7 Å². The fraction of sp³-hybridized carbons (Fsp3) is 0.455. The van der Waals surface area contributed by atoms with Gasteiger partial charge in [0.15, 0.2) is 4.90 Å². The summed E-state index contributed by atoms with van der Waals surface area (Å²) in [5.74, 6) is 0.494. The first-order valence-corrected chi connectivity index (χ1v) is 7.65. The molecule has 0 aliphatic carbocycles. The van der Waals surface area contributed by atoms with Gasteiger partial charge in [0.25, 0.3) is 9.05 Å². The fourth-order valence-corrected chi connectivity index (χ4v) is 3.59. The molecule has 0 bridgehead atoms. The third-order valence-corrected chi connectivity index (χ3v) is 4.70. The first-order chi connectivity index (χ1) is 8.48. The lowest BCUT2D eigenvalue weighted by Crippen LogP contribution is -2.48. The highest BCUT2D eigenvalue weighted by atomic mass is 35.7. The van der Waals surface area contributed by atoms with Gasteiger partial charge in [-0.25, -0.2) is 8.42 Å². The highest BCUT2D eigenvalue weighted by Crippen LogP contribution is 2.49. The van der Waals surface area contributed by atoms with Crippen LogP contribution >= 0.6 is 10.7 Å². The molecule has 0 N–H and O–H groups in total. The van der Waals surface area contributed by atoms with Gasteiger partial charge in [0.1, 0.15) is 18.1 Å². The summed E-state index contributed by atoms with van der Waals surface area (Å²) in [5, 5.41) is 0. The van der Waals surface area contributed by atoms with Crippen molar-refractivity contribution in [2.24, 2.45) is 0 Å². The summed E-state index contributed by atoms with van der Waals surface area (Å²) in [4.78, 5) is -0.0899. The Labute approximate surface area is 109 Å². The number of halogens is 1. The van der Waals surface area contributed by atoms with Gasteiger partial charge in [0, 0.05) is 16.2 Å². The zero-order valence-corrected chi connectivity index (χ0v) is 11.2. The molecule has 18 heavy (non-hydrogen) atoms. The average molecular weight is 291 g/mol. The van der Waals surface area contributed by atoms with E-state index >= 15 is 0 Å². The van der Waals surface area contributed by atoms with Gasteiger partial charge in [-0.05, 0) is 6.07 Å². The van der Waals surface area contributed by atoms with Crippen LogP contribution in [0.2, 0.25) is 0 Å². The van der Waals surface area contributed by atoms with E-state index in [1.807, 2.05) is 6.07 Å². The van der Waals surface area contributed by atoms with Crippen LogP contribution in [0.1, 0.15) is 5.56 Å². The Morgan fingerprint density at radius 1 is 1.33 bits per heavy atom. The molecular formula is C11H11ClO5S. The monoisotopic (exact) mass is 290 g/mol. The van der Waals surface area contributed by atoms with Crippen LogP contribution in [0.4, 0.5) is 0 Å². The van der Waals surface area contributed by atoms with Crippen LogP contribution in [-0.2, 0) is 19.2 Å². The van der Waals surface area contributed by atoms with E-state index < -0.39 is 9.05 Å². The Morgan fingerprint density at radius 3 is 2.56 bits per heavy atom. The van der Waals surface area contributed by atoms with Crippen molar-refractivity contribution in [1.29, 1.82) is 0 Å². The summed E-state index contributed by atoms with van der Waals surface area (Å²) >= 11 is 0. The minimum Gasteiger partial charge on any atom is -0.495 e. The van der Waals surface area contributed by atoms with Crippen molar-refractivity contribution in [2.75, 3.05) is 26.9 Å². The SMILES string of the molecule is COc1ccc2c(c1S(=O)(=O)Cl)OCC21COC1. The van der Waals surface area contributed by atoms with Crippen molar-refractivity contribution in [3.05, 3.63) is 17.7 Å². The minimum absolute atomic E-state index is 0.0899. The smallest absolute Gasteiger partial charge is 0.268 e. The molecular weight excluding hydrogens is 280 g/mol. The molecule has 0 saturated carbocycles. The molecule has 2 aliphatic rings. The van der Waals surface area contributed by atoms with Crippen LogP contribution in [0.25, 0.3) is 0 Å². The van der Waals surface area contributed by atoms with Gasteiger partial charge < -0.3 is 14.2 Å². The minimum atomic E-state index is -3.92. The summed E-state index contributed by atoms with van der Waals surface area (Å²) in [6.07, 6.45) is 0. The molecule has 0 amide bonds. The molecule has 7 heteroatoms. The molecule has 0 aromatic heterocycles. The van der Waals surface area contributed by atoms with Gasteiger partial charge in [0.2, 0.25) is 0 Å². The number of benzene rings is 1. The van der Waals surface area contributed by atoms with Crippen molar-refractivity contribution < 1.29 is 22.6 Å². The Balaban J connectivity index is 2.25. The number of rotatable bonds is 2. The lowest BCUT2D eigenvalue weighted by Gasteiger charge is -2.36. The predicted octanol–water partition coefficient (Wildman–Crippen LogP) is 1.28. The molecule has 1 saturated heterocycles. The van der Waals surface area contributed by atoms with Crippen LogP contribution in [0.3, 0.4) is 0 Å². The normalized spacial score (nSPS) is 20.1. The number of methoxy groups -OCH3 is 1. The van der Waals surface area contributed by atoms with Gasteiger partial charge >= 0.3 is 0 Å². The van der Waals surface area contributed by atoms with Crippen LogP contribution in [-0.4, -0.2) is 35.3 Å². The molecule has 1 fully saturated rings. The zero-order chi connectivity index (χ0) is 13.0. The van der Waals surface area contributed by atoms with E-state index in [1.54, 1.807) is 6.07 Å². The van der Waals surface area contributed by atoms with E-state index in [-0.39, 0.29) is 16.1 Å². The van der Waals surface area contributed by atoms with Gasteiger partial charge in [-0.3, -0.25) is 0 Å². The first kappa shape index (κ1) is 12.1. The van der Waals surface area contributed by atoms with Gasteiger partial charge in [-0.2, -0.15) is 0 Å². The largest absolute Gasteiger partial charge is 0.495 e. The topological polar surface area (TPSA) is 61.8 Å². The number of hydrogen-bond acceptors (Lipinski definition) is 5. The van der Waals surface area contributed by atoms with E-state index in [0.717, 1.165) is 5.56 Å². The summed E-state index contributed by atoms with van der Waals surface area (Å²) in [5.41, 5.74) is 0.603. The third kappa shape index (κ3) is 1.52. The molecule has 3 rings (SSSR count). The van der Waals surface area contributed by atoms with Crippen molar-refractivity contribution >= 4 is 19.7 Å². The van der Waals surface area contributed by atoms with E-state index in [0.29, 0.717) is 25.6 Å². The second-order valence-corrected chi connectivity index (χ2v) is 6.98. The third-order valence-electron chi connectivity index (χ3n) is 3.36. The Bertz CT molecular complexity index is 606. The molecule has 1 aromatic carbocycles. The summed E-state index contributed by atoms with van der Waals surface area (Å²) < 4.78 is 39.1. The second kappa shape index (κ2) is 3.76. The van der Waals surface area contributed by atoms with Crippen LogP contribution in [0, 0.1) is 0 Å². The molecule has 2 aliphatic heterocycles. The number of hydrogen-bond donors (Lipinski definition) is 0. The van der Waals surface area contributed by atoms with Gasteiger partial charge in [-0.1, -0.05) is 6.07 Å². The molecule has 0 atom stereocenters. The average Bonchev–Trinajstić information content (AvgIpc) is 2.64. The van der Waals surface area contributed by atoms with E-state index in [9.17, 15) is 8.42 Å². The summed E-state index contributed by atoms with van der Waals surface area (Å²) in [6, 6.07) is 3.41. The number of ether oxygens (including phenoxy) is 3. The van der Waals surface area contributed by atoms with E-state index in [2.05, 4.69) is 0 Å². The molecule has 1 spiro atoms. The molecule has 1 aromatic rings. The highest BCUT2D eigenvalue weighted by molar-refractivity contribution is 8.14. The molecule has 2 heterocycles. The molecule has 5 nitrogen and oxygen atoms in total. The second-order valence-electron chi connectivity index (χ2n) is 4.47. The van der Waals surface area contributed by atoms with E-state index in [1.165, 1.54) is 7.11 Å². The Kier molecular flexibility index (Phi) is 2.52. The quantitative estimate of drug-likeness (QED) is 0.768. The van der Waals surface area contributed by atoms with Crippen LogP contribution < -0.4 is 9.47 Å². The predicted molar refractivity (Wildman–Crippen MR) is 64.0 cm³/mol. The first-order valence-electron chi connectivity index (χ1n) is 5.35. The van der Waals surface area contributed by atoms with Crippen LogP contribution in [0.15, 0.2) is 17.0 Å². The lowest BCUT2D eigenvalue weighted by molar-refractivity contribution is -0.0667. The van der Waals surface area contributed by atoms with Crippen molar-refractivity contribution in [3.63, 3.8) is 0 Å². The Morgan fingerprint density at radius 2 is 2.06 bits per heavy atom. The summed E-state index contributed by atoms with van der Waals surface area (Å²) in [6.45, 7) is 1.48. The lowest BCUT2D eigenvalue weighted by atomic mass is 9.81. The van der Waals surface area contributed by atoms with Crippen molar-refractivity contribution in [3.8, 4) is 11.5 Å². The molecule has 98 valence electrons.